The molecule has 0 radical (unpaired) electrons. The molecule has 0 aliphatic carbocycles. The molecule has 0 aromatic carbocycles. The van der Waals surface area contributed by atoms with E-state index in [9.17, 15) is 0 Å². The molecule has 0 aliphatic rings. The molecular formula is C6H13I2ORh. The van der Waals surface area contributed by atoms with Crippen molar-refractivity contribution in [2.24, 2.45) is 0 Å². The summed E-state index contributed by atoms with van der Waals surface area (Å²) in [4.78, 5) is 8.00. The minimum atomic E-state index is 0. The van der Waals surface area contributed by atoms with Crippen LogP contribution in [0.4, 0.5) is 0 Å². The molecule has 0 saturated carbocycles. The molecule has 0 amide bonds. The van der Waals surface area contributed by atoms with Gasteiger partial charge in [0, 0.05) is 0 Å². The number of unbranched alkanes of at least 4 members (excludes halogenated alkanes) is 2. The Hall–Kier alpha value is 1.75. The zero-order valence-electron chi connectivity index (χ0n) is 6.03. The van der Waals surface area contributed by atoms with Crippen LogP contribution in [0, 0.1) is 6.92 Å². The van der Waals surface area contributed by atoms with Gasteiger partial charge < -0.3 is 59.7 Å². The summed E-state index contributed by atoms with van der Waals surface area (Å²) < 4.78 is 0. The van der Waals surface area contributed by atoms with Gasteiger partial charge in [-0.1, -0.05) is 19.8 Å². The third kappa shape index (κ3) is 53.0. The molecule has 0 aromatic heterocycles. The molecule has 0 spiro atoms. The van der Waals surface area contributed by atoms with Crippen molar-refractivity contribution >= 4 is 6.79 Å². The fourth-order valence-electron chi connectivity index (χ4n) is 0.250. The molecule has 10 heavy (non-hydrogen) atoms. The standard InChI is InChI=1S/C5H11.CH2O.2HI.Rh/c1-3-5-4-2;1-2;;;/h1,3-5H2,2H3;1H2;2*1H;/q-1;;;;+3/p-2. The molecule has 0 saturated heterocycles. The van der Waals surface area contributed by atoms with Gasteiger partial charge in [-0.05, 0) is 0 Å². The summed E-state index contributed by atoms with van der Waals surface area (Å²) in [5.41, 5.74) is 0. The summed E-state index contributed by atoms with van der Waals surface area (Å²) in [6.45, 7) is 7.85. The first-order valence-electron chi connectivity index (χ1n) is 2.50. The van der Waals surface area contributed by atoms with Gasteiger partial charge in [-0.3, -0.25) is 0 Å². The molecule has 0 unspecified atom stereocenters. The maximum Gasteiger partial charge on any atom is 3.00 e. The summed E-state index contributed by atoms with van der Waals surface area (Å²) >= 11 is 0. The van der Waals surface area contributed by atoms with E-state index >= 15 is 0 Å². The van der Waals surface area contributed by atoms with Crippen LogP contribution in [-0.4, -0.2) is 6.79 Å². The van der Waals surface area contributed by atoms with Gasteiger partial charge in [-0.15, -0.1) is 0 Å². The van der Waals surface area contributed by atoms with Crippen molar-refractivity contribution in [1.82, 2.24) is 0 Å². The van der Waals surface area contributed by atoms with Gasteiger partial charge in [0.25, 0.3) is 0 Å². The van der Waals surface area contributed by atoms with E-state index < -0.39 is 0 Å². The Balaban J connectivity index is -0.0000000154. The quantitative estimate of drug-likeness (QED) is 0.234. The predicted octanol–water partition coefficient (Wildman–Crippen LogP) is -4.17. The molecule has 1 nitrogen and oxygen atoms in total. The molecule has 0 bridgehead atoms. The summed E-state index contributed by atoms with van der Waals surface area (Å²) in [5, 5.41) is 0. The third-order valence-corrected chi connectivity index (χ3v) is 0.604. The Kier molecular flexibility index (Phi) is 135. The zero-order valence-corrected chi connectivity index (χ0v) is 12.0. The molecule has 0 heterocycles. The topological polar surface area (TPSA) is 17.1 Å². The van der Waals surface area contributed by atoms with Crippen LogP contribution in [0.25, 0.3) is 0 Å². The van der Waals surface area contributed by atoms with Gasteiger partial charge in [0.15, 0.2) is 0 Å². The molecule has 0 fully saturated rings. The van der Waals surface area contributed by atoms with Crippen molar-refractivity contribution in [2.45, 2.75) is 26.2 Å². The second-order valence-electron chi connectivity index (χ2n) is 1.21. The SMILES string of the molecule is C=O.[CH2-]CCCC.[I-].[I-].[Rh+3]. The normalized spacial score (nSPS) is 4.60. The van der Waals surface area contributed by atoms with Crippen LogP contribution >= 0.6 is 0 Å². The molecule has 0 aliphatic heterocycles. The number of rotatable bonds is 2. The largest absolute Gasteiger partial charge is 3.00 e. The second kappa shape index (κ2) is 45.3. The van der Waals surface area contributed by atoms with E-state index in [1.54, 1.807) is 0 Å². The fourth-order valence-corrected chi connectivity index (χ4v) is 0.250. The van der Waals surface area contributed by atoms with Crippen molar-refractivity contribution in [2.75, 3.05) is 0 Å². The minimum Gasteiger partial charge on any atom is -1.00 e. The minimum absolute atomic E-state index is 0. The number of carbonyl (C=O) groups excluding carboxylic acids is 1. The van der Waals surface area contributed by atoms with Crippen LogP contribution < -0.4 is 48.0 Å². The van der Waals surface area contributed by atoms with Gasteiger partial charge in [-0.2, -0.15) is 6.42 Å². The van der Waals surface area contributed by atoms with Gasteiger partial charge in [0.05, 0.1) is 0 Å². The molecule has 0 rings (SSSR count). The summed E-state index contributed by atoms with van der Waals surface area (Å²) in [7, 11) is 0. The predicted molar refractivity (Wildman–Crippen MR) is 32.0 cm³/mol. The average Bonchev–Trinajstić information content (AvgIpc) is 1.75. The number of hydrogen-bond acceptors (Lipinski definition) is 1. The Labute approximate surface area is 111 Å². The molecule has 0 N–H and O–H groups in total. The van der Waals surface area contributed by atoms with Gasteiger partial charge >= 0.3 is 19.5 Å². The van der Waals surface area contributed by atoms with Crippen LogP contribution in [0.15, 0.2) is 0 Å². The van der Waals surface area contributed by atoms with Crippen LogP contribution in [0.2, 0.25) is 0 Å². The van der Waals surface area contributed by atoms with Gasteiger partial charge in [0.2, 0.25) is 0 Å². The Morgan fingerprint density at radius 3 is 1.60 bits per heavy atom. The van der Waals surface area contributed by atoms with Gasteiger partial charge in [-0.25, -0.2) is 0 Å². The second-order valence-corrected chi connectivity index (χ2v) is 1.21. The van der Waals surface area contributed by atoms with Gasteiger partial charge in [0.1, 0.15) is 6.79 Å². The van der Waals surface area contributed by atoms with E-state index in [0.717, 1.165) is 6.42 Å². The molecular weight excluding hydrogens is 445 g/mol. The Morgan fingerprint density at radius 1 is 1.30 bits per heavy atom. The van der Waals surface area contributed by atoms with E-state index in [2.05, 4.69) is 13.8 Å². The molecule has 0 aromatic rings. The van der Waals surface area contributed by atoms with E-state index in [1.807, 2.05) is 6.79 Å². The van der Waals surface area contributed by atoms with Crippen molar-refractivity contribution in [3.63, 3.8) is 0 Å². The van der Waals surface area contributed by atoms with E-state index in [1.165, 1.54) is 12.8 Å². The number of hydrogen-bond donors (Lipinski definition) is 0. The maximum atomic E-state index is 8.00. The number of carbonyl (C=O) groups is 1. The average molecular weight is 458 g/mol. The van der Waals surface area contributed by atoms with Crippen molar-refractivity contribution < 1.29 is 72.2 Å². The summed E-state index contributed by atoms with van der Waals surface area (Å²) in [6, 6.07) is 0. The van der Waals surface area contributed by atoms with Crippen LogP contribution in [-0.2, 0) is 24.3 Å². The van der Waals surface area contributed by atoms with Crippen molar-refractivity contribution in [3.05, 3.63) is 6.92 Å². The first kappa shape index (κ1) is 29.8. The monoisotopic (exact) mass is 458 g/mol. The summed E-state index contributed by atoms with van der Waals surface area (Å²) in [6.07, 6.45) is 3.65. The molecule has 66 valence electrons. The zero-order chi connectivity index (χ0) is 6.12. The molecule has 0 atom stereocenters. The number of halogens is 2. The van der Waals surface area contributed by atoms with E-state index in [-0.39, 0.29) is 67.4 Å². The van der Waals surface area contributed by atoms with Crippen LogP contribution in [0.1, 0.15) is 26.2 Å². The van der Waals surface area contributed by atoms with Crippen molar-refractivity contribution in [1.29, 1.82) is 0 Å². The first-order chi connectivity index (χ1) is 3.41. The summed E-state index contributed by atoms with van der Waals surface area (Å²) in [5.74, 6) is 0. The maximum absolute atomic E-state index is 8.00. The van der Waals surface area contributed by atoms with E-state index in [4.69, 9.17) is 4.79 Å². The van der Waals surface area contributed by atoms with Crippen LogP contribution in [0.5, 0.6) is 0 Å². The third-order valence-electron chi connectivity index (χ3n) is 0.604. The Bertz CT molecular complexity index is 29.7. The molecule has 4 heteroatoms. The first-order valence-corrected chi connectivity index (χ1v) is 2.50. The van der Waals surface area contributed by atoms with Crippen LogP contribution in [0.3, 0.4) is 0 Å². The smallest absolute Gasteiger partial charge is 1.00 e. The fraction of sp³-hybridized carbons (Fsp3) is 0.667. The van der Waals surface area contributed by atoms with E-state index in [0.29, 0.717) is 0 Å². The van der Waals surface area contributed by atoms with Crippen molar-refractivity contribution in [3.8, 4) is 0 Å². The Morgan fingerprint density at radius 2 is 1.60 bits per heavy atom.